The molecule has 2 N–H and O–H groups in total. The normalized spacial score (nSPS) is 25.7. The fourth-order valence-electron chi connectivity index (χ4n) is 4.38. The summed E-state index contributed by atoms with van der Waals surface area (Å²) < 4.78 is 6.12. The molecule has 2 aromatic carbocycles. The Morgan fingerprint density at radius 2 is 1.89 bits per heavy atom. The lowest BCUT2D eigenvalue weighted by Crippen LogP contribution is -2.58. The number of likely N-dealkylation sites (tertiary alicyclic amines) is 1. The zero-order valence-electron chi connectivity index (χ0n) is 15.9. The van der Waals surface area contributed by atoms with Crippen LogP contribution < -0.4 is 10.1 Å². The summed E-state index contributed by atoms with van der Waals surface area (Å²) >= 11 is 0. The van der Waals surface area contributed by atoms with Gasteiger partial charge in [0.2, 0.25) is 0 Å². The van der Waals surface area contributed by atoms with Crippen molar-refractivity contribution in [3.63, 3.8) is 0 Å². The lowest BCUT2D eigenvalue weighted by Gasteiger charge is -2.47. The first kappa shape index (κ1) is 18.5. The van der Waals surface area contributed by atoms with Crippen molar-refractivity contribution >= 4 is 0 Å². The number of para-hydroxylation sites is 1. The van der Waals surface area contributed by atoms with E-state index in [0.29, 0.717) is 12.5 Å². The second kappa shape index (κ2) is 8.42. The number of benzene rings is 2. The Morgan fingerprint density at radius 3 is 2.78 bits per heavy atom. The van der Waals surface area contributed by atoms with Crippen molar-refractivity contribution in [3.8, 4) is 5.75 Å². The largest absolute Gasteiger partial charge is 0.493 e. The van der Waals surface area contributed by atoms with E-state index in [1.165, 1.54) is 11.1 Å². The van der Waals surface area contributed by atoms with Crippen LogP contribution in [0.15, 0.2) is 54.6 Å². The molecule has 144 valence electrons. The molecule has 0 saturated carbocycles. The number of rotatable bonds is 6. The van der Waals surface area contributed by atoms with Gasteiger partial charge < -0.3 is 15.2 Å². The predicted octanol–water partition coefficient (Wildman–Crippen LogP) is 2.85. The second-order valence-corrected chi connectivity index (χ2v) is 7.93. The Morgan fingerprint density at radius 1 is 1.07 bits per heavy atom. The van der Waals surface area contributed by atoms with E-state index in [1.807, 2.05) is 12.1 Å². The average Bonchev–Trinajstić information content (AvgIpc) is 2.70. The molecule has 2 aromatic rings. The summed E-state index contributed by atoms with van der Waals surface area (Å²) in [5.41, 5.74) is 2.07. The summed E-state index contributed by atoms with van der Waals surface area (Å²) in [6.07, 6.45) is 2.67. The number of nitrogens with zero attached hydrogens (tertiary/aromatic N) is 1. The Kier molecular flexibility index (Phi) is 5.77. The highest BCUT2D eigenvalue weighted by atomic mass is 16.5. The Balaban J connectivity index is 1.35. The van der Waals surface area contributed by atoms with Crippen molar-refractivity contribution in [3.05, 3.63) is 65.7 Å². The predicted molar refractivity (Wildman–Crippen MR) is 108 cm³/mol. The zero-order chi connectivity index (χ0) is 18.5. The number of hydrogen-bond donors (Lipinski definition) is 2. The summed E-state index contributed by atoms with van der Waals surface area (Å²) in [7, 11) is 0. The van der Waals surface area contributed by atoms with Crippen molar-refractivity contribution in [2.75, 3.05) is 32.8 Å². The molecule has 0 amide bonds. The Labute approximate surface area is 162 Å². The van der Waals surface area contributed by atoms with Crippen LogP contribution >= 0.6 is 0 Å². The second-order valence-electron chi connectivity index (χ2n) is 7.93. The van der Waals surface area contributed by atoms with E-state index < -0.39 is 5.60 Å². The molecule has 4 heteroatoms. The molecule has 2 aliphatic heterocycles. The van der Waals surface area contributed by atoms with Gasteiger partial charge >= 0.3 is 0 Å². The summed E-state index contributed by atoms with van der Waals surface area (Å²) in [6.45, 7) is 5.32. The molecule has 4 rings (SSSR count). The van der Waals surface area contributed by atoms with Gasteiger partial charge in [0.25, 0.3) is 0 Å². The van der Waals surface area contributed by atoms with E-state index in [1.54, 1.807) is 0 Å². The fourth-order valence-corrected chi connectivity index (χ4v) is 4.38. The topological polar surface area (TPSA) is 44.7 Å². The molecule has 0 spiro atoms. The molecule has 0 aromatic heterocycles. The van der Waals surface area contributed by atoms with E-state index in [4.69, 9.17) is 4.74 Å². The highest BCUT2D eigenvalue weighted by Gasteiger charge is 2.42. The van der Waals surface area contributed by atoms with Gasteiger partial charge in [-0.25, -0.2) is 0 Å². The minimum absolute atomic E-state index is 0.325. The zero-order valence-corrected chi connectivity index (χ0v) is 15.9. The molecule has 0 aliphatic carbocycles. The quantitative estimate of drug-likeness (QED) is 0.825. The van der Waals surface area contributed by atoms with Crippen molar-refractivity contribution in [1.29, 1.82) is 0 Å². The van der Waals surface area contributed by atoms with Crippen molar-refractivity contribution < 1.29 is 9.84 Å². The number of hydrogen-bond acceptors (Lipinski definition) is 4. The van der Waals surface area contributed by atoms with E-state index in [9.17, 15) is 5.11 Å². The minimum atomic E-state index is -0.465. The highest BCUT2D eigenvalue weighted by molar-refractivity contribution is 5.33. The number of fused-ring (bicyclic) bond motifs is 1. The van der Waals surface area contributed by atoms with Crippen LogP contribution in [-0.4, -0.2) is 48.4 Å². The van der Waals surface area contributed by atoms with Gasteiger partial charge in [-0.2, -0.15) is 0 Å². The highest BCUT2D eigenvalue weighted by Crippen LogP contribution is 2.34. The monoisotopic (exact) mass is 366 g/mol. The van der Waals surface area contributed by atoms with Gasteiger partial charge in [-0.3, -0.25) is 4.90 Å². The van der Waals surface area contributed by atoms with E-state index >= 15 is 0 Å². The molecule has 2 fully saturated rings. The van der Waals surface area contributed by atoms with E-state index in [-0.39, 0.29) is 0 Å². The van der Waals surface area contributed by atoms with Crippen LogP contribution in [0, 0.1) is 5.92 Å². The first-order valence-electron chi connectivity index (χ1n) is 10.1. The third-order valence-corrected chi connectivity index (χ3v) is 6.08. The third kappa shape index (κ3) is 4.52. The molecule has 2 heterocycles. The average molecular weight is 367 g/mol. The van der Waals surface area contributed by atoms with Crippen molar-refractivity contribution in [2.45, 2.75) is 31.4 Å². The van der Waals surface area contributed by atoms with Crippen LogP contribution in [0.4, 0.5) is 0 Å². The number of aliphatic hydroxyl groups is 1. The van der Waals surface area contributed by atoms with Gasteiger partial charge in [0, 0.05) is 44.1 Å². The molecule has 2 atom stereocenters. The smallest absolute Gasteiger partial charge is 0.123 e. The van der Waals surface area contributed by atoms with Crippen LogP contribution in [0.25, 0.3) is 0 Å². The molecular formula is C23H30N2O2. The maximum atomic E-state index is 10.9. The summed E-state index contributed by atoms with van der Waals surface area (Å²) in [5.74, 6) is 1.31. The van der Waals surface area contributed by atoms with Crippen LogP contribution in [-0.2, 0) is 13.0 Å². The molecule has 2 saturated heterocycles. The van der Waals surface area contributed by atoms with E-state index in [0.717, 1.165) is 57.7 Å². The Bertz CT molecular complexity index is 736. The third-order valence-electron chi connectivity index (χ3n) is 6.08. The minimum Gasteiger partial charge on any atom is -0.493 e. The van der Waals surface area contributed by atoms with Crippen LogP contribution in [0.1, 0.15) is 24.0 Å². The van der Waals surface area contributed by atoms with Crippen molar-refractivity contribution in [1.82, 2.24) is 10.2 Å². The SMILES string of the molecule is OC12CCNCC1CN(Cc1ccccc1OCCc1ccccc1)CC2. The lowest BCUT2D eigenvalue weighted by atomic mass is 9.76. The molecule has 27 heavy (non-hydrogen) atoms. The number of piperidine rings is 2. The van der Waals surface area contributed by atoms with Gasteiger partial charge in [0.15, 0.2) is 0 Å². The molecule has 4 nitrogen and oxygen atoms in total. The lowest BCUT2D eigenvalue weighted by molar-refractivity contribution is -0.0900. The van der Waals surface area contributed by atoms with E-state index in [2.05, 4.69) is 52.7 Å². The fraction of sp³-hybridized carbons (Fsp3) is 0.478. The molecule has 2 unspecified atom stereocenters. The first-order chi connectivity index (χ1) is 13.2. The van der Waals surface area contributed by atoms with Gasteiger partial charge in [-0.15, -0.1) is 0 Å². The van der Waals surface area contributed by atoms with Crippen LogP contribution in [0.3, 0.4) is 0 Å². The standard InChI is InChI=1S/C23H30N2O2/c26-23-11-13-24-16-21(23)18-25(14-12-23)17-20-8-4-5-9-22(20)27-15-10-19-6-2-1-3-7-19/h1-9,21,24,26H,10-18H2. The molecule has 0 radical (unpaired) electrons. The van der Waals surface area contributed by atoms with Crippen LogP contribution in [0.2, 0.25) is 0 Å². The van der Waals surface area contributed by atoms with Gasteiger partial charge in [0.1, 0.15) is 5.75 Å². The van der Waals surface area contributed by atoms with Gasteiger partial charge in [0.05, 0.1) is 12.2 Å². The van der Waals surface area contributed by atoms with Gasteiger partial charge in [-0.1, -0.05) is 48.5 Å². The summed E-state index contributed by atoms with van der Waals surface area (Å²) in [6, 6.07) is 18.8. The number of ether oxygens (including phenoxy) is 1. The van der Waals surface area contributed by atoms with Crippen LogP contribution in [0.5, 0.6) is 5.75 Å². The Hall–Kier alpha value is -1.88. The molecule has 2 aliphatic rings. The maximum Gasteiger partial charge on any atom is 0.123 e. The molecular weight excluding hydrogens is 336 g/mol. The summed E-state index contributed by atoms with van der Waals surface area (Å²) in [5, 5.41) is 14.3. The summed E-state index contributed by atoms with van der Waals surface area (Å²) in [4.78, 5) is 2.46. The van der Waals surface area contributed by atoms with Crippen molar-refractivity contribution in [2.24, 2.45) is 5.92 Å². The van der Waals surface area contributed by atoms with Gasteiger partial charge in [-0.05, 0) is 31.0 Å². The maximum absolute atomic E-state index is 10.9. The molecule has 0 bridgehead atoms. The first-order valence-corrected chi connectivity index (χ1v) is 10.1. The number of nitrogens with one attached hydrogen (secondary N) is 1.